The smallest absolute Gasteiger partial charge is 0.311 e. The molecule has 0 aromatic heterocycles. The molecule has 3 nitrogen and oxygen atoms in total. The molecule has 0 saturated heterocycles. The SMILES string of the molecule is O=C(O)C(c1ccccc1)C1CNc2ccccc21. The summed E-state index contributed by atoms with van der Waals surface area (Å²) < 4.78 is 0. The molecule has 2 atom stereocenters. The van der Waals surface area contributed by atoms with Gasteiger partial charge in [-0.1, -0.05) is 48.5 Å². The van der Waals surface area contributed by atoms with Crippen molar-refractivity contribution in [3.05, 3.63) is 65.7 Å². The van der Waals surface area contributed by atoms with Gasteiger partial charge in [-0.25, -0.2) is 0 Å². The Morgan fingerprint density at radius 1 is 1.11 bits per heavy atom. The van der Waals surface area contributed by atoms with Crippen molar-refractivity contribution in [2.24, 2.45) is 0 Å². The first-order valence-corrected chi connectivity index (χ1v) is 6.38. The fourth-order valence-corrected chi connectivity index (χ4v) is 2.82. The zero-order chi connectivity index (χ0) is 13.2. The van der Waals surface area contributed by atoms with Gasteiger partial charge in [-0.05, 0) is 17.2 Å². The zero-order valence-corrected chi connectivity index (χ0v) is 10.4. The molecule has 1 aliphatic rings. The van der Waals surface area contributed by atoms with E-state index < -0.39 is 11.9 Å². The molecule has 1 aliphatic heterocycles. The number of hydrogen-bond acceptors (Lipinski definition) is 2. The molecule has 0 spiro atoms. The largest absolute Gasteiger partial charge is 0.481 e. The number of fused-ring (bicyclic) bond motifs is 1. The third kappa shape index (κ3) is 2.08. The molecule has 2 unspecified atom stereocenters. The van der Waals surface area contributed by atoms with Crippen LogP contribution in [0.4, 0.5) is 5.69 Å². The van der Waals surface area contributed by atoms with Gasteiger partial charge in [0.05, 0.1) is 5.92 Å². The van der Waals surface area contributed by atoms with Gasteiger partial charge in [0.15, 0.2) is 0 Å². The monoisotopic (exact) mass is 253 g/mol. The second kappa shape index (κ2) is 4.76. The lowest BCUT2D eigenvalue weighted by molar-refractivity contribution is -0.139. The maximum absolute atomic E-state index is 11.7. The van der Waals surface area contributed by atoms with E-state index in [-0.39, 0.29) is 5.92 Å². The van der Waals surface area contributed by atoms with Crippen LogP contribution in [0.25, 0.3) is 0 Å². The van der Waals surface area contributed by atoms with E-state index in [9.17, 15) is 9.90 Å². The second-order valence-corrected chi connectivity index (χ2v) is 4.80. The minimum absolute atomic E-state index is 0.0175. The average molecular weight is 253 g/mol. The molecule has 0 amide bonds. The van der Waals surface area contributed by atoms with Crippen LogP contribution in [-0.2, 0) is 4.79 Å². The van der Waals surface area contributed by atoms with Crippen LogP contribution in [0.3, 0.4) is 0 Å². The molecule has 2 aromatic carbocycles. The maximum Gasteiger partial charge on any atom is 0.311 e. The predicted molar refractivity (Wildman–Crippen MR) is 74.5 cm³/mol. The summed E-state index contributed by atoms with van der Waals surface area (Å²) in [6.45, 7) is 0.672. The quantitative estimate of drug-likeness (QED) is 0.883. The van der Waals surface area contributed by atoms with Gasteiger partial charge in [-0.3, -0.25) is 4.79 Å². The second-order valence-electron chi connectivity index (χ2n) is 4.80. The molecule has 96 valence electrons. The highest BCUT2D eigenvalue weighted by Crippen LogP contribution is 2.40. The van der Waals surface area contributed by atoms with Crippen LogP contribution in [0.15, 0.2) is 54.6 Å². The summed E-state index contributed by atoms with van der Waals surface area (Å²) in [6, 6.07) is 17.4. The van der Waals surface area contributed by atoms with Gasteiger partial charge in [0.2, 0.25) is 0 Å². The van der Waals surface area contributed by atoms with Gasteiger partial charge in [0.1, 0.15) is 0 Å². The molecule has 19 heavy (non-hydrogen) atoms. The molecule has 1 heterocycles. The number of carboxylic acids is 1. The highest BCUT2D eigenvalue weighted by Gasteiger charge is 2.35. The normalized spacial score (nSPS) is 18.4. The Hall–Kier alpha value is -2.29. The minimum Gasteiger partial charge on any atom is -0.481 e. The third-order valence-electron chi connectivity index (χ3n) is 3.70. The topological polar surface area (TPSA) is 49.3 Å². The fourth-order valence-electron chi connectivity index (χ4n) is 2.82. The Morgan fingerprint density at radius 3 is 2.53 bits per heavy atom. The van der Waals surface area contributed by atoms with Gasteiger partial charge in [-0.2, -0.15) is 0 Å². The van der Waals surface area contributed by atoms with Crippen molar-refractivity contribution >= 4 is 11.7 Å². The Labute approximate surface area is 111 Å². The number of carboxylic acid groups (broad SMARTS) is 1. The first-order valence-electron chi connectivity index (χ1n) is 6.38. The van der Waals surface area contributed by atoms with Crippen LogP contribution in [0.1, 0.15) is 23.0 Å². The van der Waals surface area contributed by atoms with Gasteiger partial charge < -0.3 is 10.4 Å². The highest BCUT2D eigenvalue weighted by atomic mass is 16.4. The summed E-state index contributed by atoms with van der Waals surface area (Å²) in [5.41, 5.74) is 3.01. The molecule has 3 rings (SSSR count). The van der Waals surface area contributed by atoms with E-state index in [1.54, 1.807) is 0 Å². The molecule has 2 aromatic rings. The number of nitrogens with one attached hydrogen (secondary N) is 1. The van der Waals surface area contributed by atoms with Crippen LogP contribution in [0, 0.1) is 0 Å². The van der Waals surface area contributed by atoms with E-state index in [1.807, 2.05) is 54.6 Å². The number of rotatable bonds is 3. The van der Waals surface area contributed by atoms with E-state index in [0.29, 0.717) is 6.54 Å². The van der Waals surface area contributed by atoms with Crippen LogP contribution in [-0.4, -0.2) is 17.6 Å². The molecule has 0 saturated carbocycles. The van der Waals surface area contributed by atoms with E-state index in [4.69, 9.17) is 0 Å². The number of anilines is 1. The molecule has 3 heteroatoms. The number of para-hydroxylation sites is 1. The number of aliphatic carboxylic acids is 1. The van der Waals surface area contributed by atoms with E-state index in [2.05, 4.69) is 5.32 Å². The van der Waals surface area contributed by atoms with E-state index in [1.165, 1.54) is 0 Å². The summed E-state index contributed by atoms with van der Waals surface area (Å²) in [5, 5.41) is 12.9. The van der Waals surface area contributed by atoms with Crippen molar-refractivity contribution in [1.29, 1.82) is 0 Å². The number of hydrogen-bond donors (Lipinski definition) is 2. The van der Waals surface area contributed by atoms with Crippen molar-refractivity contribution in [3.8, 4) is 0 Å². The summed E-state index contributed by atoms with van der Waals surface area (Å²) in [6.07, 6.45) is 0. The molecule has 0 aliphatic carbocycles. The average Bonchev–Trinajstić information content (AvgIpc) is 2.84. The molecular formula is C16H15NO2. The van der Waals surface area contributed by atoms with Crippen LogP contribution >= 0.6 is 0 Å². The molecular weight excluding hydrogens is 238 g/mol. The third-order valence-corrected chi connectivity index (χ3v) is 3.70. The van der Waals surface area contributed by atoms with E-state index in [0.717, 1.165) is 16.8 Å². The van der Waals surface area contributed by atoms with Crippen LogP contribution in [0.5, 0.6) is 0 Å². The Balaban J connectivity index is 2.02. The van der Waals surface area contributed by atoms with Crippen molar-refractivity contribution in [2.75, 3.05) is 11.9 Å². The Morgan fingerprint density at radius 2 is 1.79 bits per heavy atom. The number of carbonyl (C=O) groups is 1. The van der Waals surface area contributed by atoms with Crippen molar-refractivity contribution in [1.82, 2.24) is 0 Å². The van der Waals surface area contributed by atoms with Crippen molar-refractivity contribution < 1.29 is 9.90 Å². The van der Waals surface area contributed by atoms with Crippen LogP contribution < -0.4 is 5.32 Å². The maximum atomic E-state index is 11.7. The Bertz CT molecular complexity index is 595. The lowest BCUT2D eigenvalue weighted by atomic mass is 9.82. The molecule has 0 fully saturated rings. The van der Waals surface area contributed by atoms with Crippen LogP contribution in [0.2, 0.25) is 0 Å². The number of benzene rings is 2. The Kier molecular flexibility index (Phi) is 2.95. The zero-order valence-electron chi connectivity index (χ0n) is 10.4. The predicted octanol–water partition coefficient (Wildman–Crippen LogP) is 3.06. The molecule has 0 bridgehead atoms. The minimum atomic E-state index is -0.769. The molecule has 0 radical (unpaired) electrons. The first kappa shape index (κ1) is 11.8. The first-order chi connectivity index (χ1) is 9.27. The summed E-state index contributed by atoms with van der Waals surface area (Å²) >= 11 is 0. The van der Waals surface area contributed by atoms with Gasteiger partial charge in [-0.15, -0.1) is 0 Å². The van der Waals surface area contributed by atoms with Gasteiger partial charge >= 0.3 is 5.97 Å². The summed E-state index contributed by atoms with van der Waals surface area (Å²) in [4.78, 5) is 11.7. The standard InChI is InChI=1S/C16H15NO2/c18-16(19)15(11-6-2-1-3-7-11)13-10-17-14-9-5-4-8-12(13)14/h1-9,13,15,17H,10H2,(H,18,19). The van der Waals surface area contributed by atoms with Gasteiger partial charge in [0, 0.05) is 18.2 Å². The highest BCUT2D eigenvalue weighted by molar-refractivity contribution is 5.79. The summed E-state index contributed by atoms with van der Waals surface area (Å²) in [7, 11) is 0. The lowest BCUT2D eigenvalue weighted by Gasteiger charge is -2.20. The summed E-state index contributed by atoms with van der Waals surface area (Å²) in [5.74, 6) is -1.29. The fraction of sp³-hybridized carbons (Fsp3) is 0.188. The van der Waals surface area contributed by atoms with Crippen molar-refractivity contribution in [2.45, 2.75) is 11.8 Å². The van der Waals surface area contributed by atoms with Crippen molar-refractivity contribution in [3.63, 3.8) is 0 Å². The molecule has 2 N–H and O–H groups in total. The van der Waals surface area contributed by atoms with E-state index >= 15 is 0 Å². The lowest BCUT2D eigenvalue weighted by Crippen LogP contribution is -2.21. The van der Waals surface area contributed by atoms with Gasteiger partial charge in [0.25, 0.3) is 0 Å².